The number of nitrogens with two attached hydrogens (primary N) is 1. The summed E-state index contributed by atoms with van der Waals surface area (Å²) in [5.74, 6) is 0. The molecule has 0 bridgehead atoms. The van der Waals surface area contributed by atoms with Gasteiger partial charge in [-0.15, -0.1) is 0 Å². The predicted octanol–water partition coefficient (Wildman–Crippen LogP) is 2.93. The zero-order chi connectivity index (χ0) is 11.1. The fraction of sp³-hybridized carbons (Fsp3) is 0.286. The molecule has 1 nitrogen and oxygen atoms in total. The largest absolute Gasteiger partial charge is 2.00 e. The van der Waals surface area contributed by atoms with E-state index in [1.807, 2.05) is 30.3 Å². The third kappa shape index (κ3) is 4.80. The van der Waals surface area contributed by atoms with Crippen LogP contribution in [0.15, 0.2) is 42.5 Å². The zero-order valence-corrected chi connectivity index (χ0v) is 11.0. The number of aryl methyl sites for hydroxylation is 1. The van der Waals surface area contributed by atoms with Gasteiger partial charge in [-0.1, -0.05) is 20.3 Å². The summed E-state index contributed by atoms with van der Waals surface area (Å²) in [6, 6.07) is 14.3. The molecule has 2 N–H and O–H groups in total. The molecule has 0 aliphatic rings. The second kappa shape index (κ2) is 8.35. The van der Waals surface area contributed by atoms with Gasteiger partial charge in [0, 0.05) is 0 Å². The Bertz CT molecular complexity index is 343. The number of hydrogen-bond acceptors (Lipinski definition) is 1. The van der Waals surface area contributed by atoms with Gasteiger partial charge in [0.2, 0.25) is 0 Å². The topological polar surface area (TPSA) is 26.0 Å². The van der Waals surface area contributed by atoms with Crippen LogP contribution in [-0.2, 0) is 23.5 Å². The maximum absolute atomic E-state index is 5.44. The van der Waals surface area contributed by atoms with Crippen LogP contribution in [0.1, 0.15) is 16.7 Å². The van der Waals surface area contributed by atoms with E-state index in [0.29, 0.717) is 0 Å². The molecule has 0 aromatic heterocycles. The van der Waals surface area contributed by atoms with E-state index in [-0.39, 0.29) is 17.1 Å². The average molecular weight is 257 g/mol. The molecule has 0 heterocycles. The first-order valence-electron chi connectivity index (χ1n) is 5.34. The van der Waals surface area contributed by atoms with E-state index < -0.39 is 0 Å². The second-order valence-corrected chi connectivity index (χ2v) is 3.67. The van der Waals surface area contributed by atoms with Crippen LogP contribution in [0.25, 0.3) is 0 Å². The van der Waals surface area contributed by atoms with Gasteiger partial charge in [0.05, 0.1) is 0 Å². The minimum atomic E-state index is 0. The Balaban J connectivity index is 0.000000318. The van der Waals surface area contributed by atoms with Crippen molar-refractivity contribution in [1.82, 2.24) is 0 Å². The summed E-state index contributed by atoms with van der Waals surface area (Å²) in [6.07, 6.45) is 1.01. The van der Waals surface area contributed by atoms with Gasteiger partial charge < -0.3 is 5.73 Å². The maximum atomic E-state index is 5.44. The van der Waals surface area contributed by atoms with Crippen LogP contribution < -0.4 is 5.73 Å². The van der Waals surface area contributed by atoms with E-state index >= 15 is 0 Å². The molecule has 0 spiro atoms. The maximum Gasteiger partial charge on any atom is 2.00 e. The van der Waals surface area contributed by atoms with Gasteiger partial charge in [-0.2, -0.15) is 41.0 Å². The Morgan fingerprint density at radius 3 is 2.19 bits per heavy atom. The van der Waals surface area contributed by atoms with Crippen molar-refractivity contribution in [2.45, 2.75) is 20.3 Å². The minimum absolute atomic E-state index is 0. The summed E-state index contributed by atoms with van der Waals surface area (Å²) in [5.41, 5.74) is 9.63. The first-order chi connectivity index (χ1) is 7.25. The van der Waals surface area contributed by atoms with Gasteiger partial charge in [0.15, 0.2) is 0 Å². The molecule has 0 saturated heterocycles. The van der Waals surface area contributed by atoms with Crippen LogP contribution in [0.5, 0.6) is 0 Å². The molecule has 0 radical (unpaired) electrons. The van der Waals surface area contributed by atoms with E-state index in [1.54, 1.807) is 0 Å². The van der Waals surface area contributed by atoms with Gasteiger partial charge in [-0.3, -0.25) is 0 Å². The van der Waals surface area contributed by atoms with Gasteiger partial charge in [-0.25, -0.2) is 18.2 Å². The standard InChI is InChI=1S/C9H14N.C5H5.Fe/c1-7-3-4-9(5-6-10)8(7)2;1-2-4-5-3-1;/h3-4H,5-6,10H2,1-2H3;1-5H;/q2*-1;+2. The van der Waals surface area contributed by atoms with E-state index in [2.05, 4.69) is 26.0 Å². The first-order valence-corrected chi connectivity index (χ1v) is 5.34. The molecule has 0 unspecified atom stereocenters. The molecule has 2 heteroatoms. The minimum Gasteiger partial charge on any atom is -0.331 e. The summed E-state index contributed by atoms with van der Waals surface area (Å²) in [6.45, 7) is 5.04. The van der Waals surface area contributed by atoms with E-state index in [1.165, 1.54) is 16.7 Å². The van der Waals surface area contributed by atoms with Crippen molar-refractivity contribution in [2.75, 3.05) is 6.54 Å². The van der Waals surface area contributed by atoms with Crippen LogP contribution in [-0.4, -0.2) is 6.54 Å². The van der Waals surface area contributed by atoms with Crippen molar-refractivity contribution >= 4 is 0 Å². The van der Waals surface area contributed by atoms with Crippen LogP contribution in [0.4, 0.5) is 0 Å². The Labute approximate surface area is 109 Å². The van der Waals surface area contributed by atoms with Gasteiger partial charge in [-0.05, 0) is 6.54 Å². The van der Waals surface area contributed by atoms with Gasteiger partial charge in [0.25, 0.3) is 0 Å². The molecule has 2 aromatic carbocycles. The number of rotatable bonds is 2. The molecule has 0 aliphatic carbocycles. The summed E-state index contributed by atoms with van der Waals surface area (Å²) in [7, 11) is 0. The van der Waals surface area contributed by atoms with Crippen molar-refractivity contribution in [3.63, 3.8) is 0 Å². The third-order valence-corrected chi connectivity index (χ3v) is 2.58. The van der Waals surface area contributed by atoms with E-state index in [9.17, 15) is 0 Å². The van der Waals surface area contributed by atoms with Gasteiger partial charge in [0.1, 0.15) is 0 Å². The van der Waals surface area contributed by atoms with Crippen molar-refractivity contribution in [2.24, 2.45) is 5.73 Å². The Morgan fingerprint density at radius 1 is 1.25 bits per heavy atom. The molecule has 2 aromatic rings. The molecule has 88 valence electrons. The number of hydrogen-bond donors (Lipinski definition) is 1. The molecule has 2 rings (SSSR count). The predicted molar refractivity (Wildman–Crippen MR) is 66.3 cm³/mol. The van der Waals surface area contributed by atoms with Crippen molar-refractivity contribution in [1.29, 1.82) is 0 Å². The van der Waals surface area contributed by atoms with Crippen molar-refractivity contribution in [3.8, 4) is 0 Å². The average Bonchev–Trinajstić information content (AvgIpc) is 2.87. The molecular formula is C14H19FeN. The van der Waals surface area contributed by atoms with E-state index in [4.69, 9.17) is 5.73 Å². The molecule has 0 fully saturated rings. The SMILES string of the molecule is Cc1cc[c-](CCN)c1C.[Fe+2].c1cc[cH-]c1. The quantitative estimate of drug-likeness (QED) is 0.649. The third-order valence-electron chi connectivity index (χ3n) is 2.58. The molecule has 0 amide bonds. The molecule has 0 atom stereocenters. The van der Waals surface area contributed by atoms with Gasteiger partial charge >= 0.3 is 17.1 Å². The Morgan fingerprint density at radius 2 is 1.88 bits per heavy atom. The fourth-order valence-corrected chi connectivity index (χ4v) is 1.48. The fourth-order valence-electron chi connectivity index (χ4n) is 1.48. The molecule has 16 heavy (non-hydrogen) atoms. The van der Waals surface area contributed by atoms with Crippen LogP contribution in [0.3, 0.4) is 0 Å². The van der Waals surface area contributed by atoms with E-state index in [0.717, 1.165) is 13.0 Å². The summed E-state index contributed by atoms with van der Waals surface area (Å²) >= 11 is 0. The van der Waals surface area contributed by atoms with Crippen molar-refractivity contribution in [3.05, 3.63) is 59.2 Å². The monoisotopic (exact) mass is 257 g/mol. The summed E-state index contributed by atoms with van der Waals surface area (Å²) < 4.78 is 0. The second-order valence-electron chi connectivity index (χ2n) is 3.67. The normalized spacial score (nSPS) is 8.94. The van der Waals surface area contributed by atoms with Crippen LogP contribution >= 0.6 is 0 Å². The smallest absolute Gasteiger partial charge is 0.331 e. The summed E-state index contributed by atoms with van der Waals surface area (Å²) in [5, 5.41) is 0. The van der Waals surface area contributed by atoms with Crippen LogP contribution in [0, 0.1) is 13.8 Å². The molecule has 0 saturated carbocycles. The summed E-state index contributed by atoms with van der Waals surface area (Å²) in [4.78, 5) is 0. The zero-order valence-electron chi connectivity index (χ0n) is 9.89. The van der Waals surface area contributed by atoms with Crippen LogP contribution in [0.2, 0.25) is 0 Å². The Hall–Kier alpha value is -0.821. The Kier molecular flexibility index (Phi) is 7.92. The first kappa shape index (κ1) is 15.2. The molecular weight excluding hydrogens is 238 g/mol. The van der Waals surface area contributed by atoms with Crippen molar-refractivity contribution < 1.29 is 17.1 Å². The molecule has 0 aliphatic heterocycles.